The second-order valence-electron chi connectivity index (χ2n) is 7.67. The maximum Gasteiger partial charge on any atom is 0.269 e. The number of aromatic nitrogens is 2. The number of carbonyl (C=O) groups excluding carboxylic acids is 1. The van der Waals surface area contributed by atoms with Crippen molar-refractivity contribution >= 4 is 33.7 Å². The number of nitrogens with one attached hydrogen (secondary N) is 1. The maximum absolute atomic E-state index is 12.6. The van der Waals surface area contributed by atoms with Crippen LogP contribution in [0.25, 0.3) is 0 Å². The summed E-state index contributed by atoms with van der Waals surface area (Å²) in [6.45, 7) is 13.0. The molecule has 148 valence electrons. The number of aryl methyl sites for hydroxylation is 1. The Labute approximate surface area is 169 Å². The number of anilines is 1. The van der Waals surface area contributed by atoms with Gasteiger partial charge in [0.25, 0.3) is 5.91 Å². The van der Waals surface area contributed by atoms with Gasteiger partial charge in [0, 0.05) is 31.4 Å². The summed E-state index contributed by atoms with van der Waals surface area (Å²) >= 11 is 2.95. The van der Waals surface area contributed by atoms with Crippen molar-refractivity contribution < 1.29 is 9.53 Å². The Kier molecular flexibility index (Phi) is 6.62. The molecule has 2 aromatic heterocycles. The predicted molar refractivity (Wildman–Crippen MR) is 111 cm³/mol. The van der Waals surface area contributed by atoms with Crippen LogP contribution in [0.3, 0.4) is 0 Å². The number of nitrogens with zero attached hydrogens (tertiary/aromatic N) is 3. The summed E-state index contributed by atoms with van der Waals surface area (Å²) in [6, 6.07) is 0. The van der Waals surface area contributed by atoms with Crippen LogP contribution in [-0.2, 0) is 17.7 Å². The van der Waals surface area contributed by atoms with Gasteiger partial charge in [-0.25, -0.2) is 9.97 Å². The first-order valence-corrected chi connectivity index (χ1v) is 11.1. The molecule has 0 aliphatic carbocycles. The Morgan fingerprint density at radius 3 is 2.70 bits per heavy atom. The molecule has 1 fully saturated rings. The van der Waals surface area contributed by atoms with E-state index < -0.39 is 0 Å². The lowest BCUT2D eigenvalue weighted by atomic mass is 10.1. The Morgan fingerprint density at radius 2 is 2.04 bits per heavy atom. The highest BCUT2D eigenvalue weighted by Crippen LogP contribution is 2.24. The highest BCUT2D eigenvalue weighted by Gasteiger charge is 2.23. The molecule has 2 atom stereocenters. The predicted octanol–water partition coefficient (Wildman–Crippen LogP) is 3.97. The minimum atomic E-state index is -0.116. The summed E-state index contributed by atoms with van der Waals surface area (Å²) in [4.78, 5) is 24.8. The van der Waals surface area contributed by atoms with Crippen molar-refractivity contribution in [1.82, 2.24) is 14.9 Å². The molecule has 0 saturated carbocycles. The fraction of sp³-hybridized carbons (Fsp3) is 0.632. The molecule has 1 aliphatic heterocycles. The number of hydrogen-bond acceptors (Lipinski definition) is 7. The van der Waals surface area contributed by atoms with E-state index in [0.717, 1.165) is 42.5 Å². The lowest BCUT2D eigenvalue weighted by Crippen LogP contribution is -2.44. The van der Waals surface area contributed by atoms with Gasteiger partial charge in [-0.15, -0.1) is 22.7 Å². The van der Waals surface area contributed by atoms with Gasteiger partial charge in [0.05, 0.1) is 28.6 Å². The molecule has 1 amide bonds. The summed E-state index contributed by atoms with van der Waals surface area (Å²) in [5.41, 5.74) is 1.78. The number of hydrogen-bond donors (Lipinski definition) is 1. The average molecular weight is 409 g/mol. The molecule has 3 rings (SSSR count). The summed E-state index contributed by atoms with van der Waals surface area (Å²) < 4.78 is 5.78. The first-order chi connectivity index (χ1) is 12.8. The van der Waals surface area contributed by atoms with E-state index in [0.29, 0.717) is 15.9 Å². The van der Waals surface area contributed by atoms with E-state index in [4.69, 9.17) is 4.74 Å². The van der Waals surface area contributed by atoms with E-state index in [9.17, 15) is 4.79 Å². The van der Waals surface area contributed by atoms with E-state index >= 15 is 0 Å². The van der Waals surface area contributed by atoms with Crippen molar-refractivity contribution in [2.45, 2.75) is 59.8 Å². The largest absolute Gasteiger partial charge is 0.373 e. The Morgan fingerprint density at radius 1 is 1.33 bits per heavy atom. The molecule has 2 aromatic rings. The molecule has 3 heterocycles. The average Bonchev–Trinajstić information content (AvgIpc) is 3.12. The zero-order chi connectivity index (χ0) is 19.6. The molecule has 1 N–H and O–H groups in total. The second kappa shape index (κ2) is 8.77. The summed E-state index contributed by atoms with van der Waals surface area (Å²) in [7, 11) is 0. The molecule has 27 heavy (non-hydrogen) atoms. The zero-order valence-corrected chi connectivity index (χ0v) is 18.2. The number of amides is 1. The van der Waals surface area contributed by atoms with Crippen LogP contribution in [0.1, 0.15) is 53.8 Å². The van der Waals surface area contributed by atoms with Gasteiger partial charge >= 0.3 is 0 Å². The molecule has 0 radical (unpaired) electrons. The first-order valence-electron chi connectivity index (χ1n) is 9.40. The molecular weight excluding hydrogens is 380 g/mol. The number of morpholine rings is 1. The third-order valence-electron chi connectivity index (χ3n) is 4.28. The highest BCUT2D eigenvalue weighted by molar-refractivity contribution is 7.15. The molecule has 8 heteroatoms. The van der Waals surface area contributed by atoms with Crippen LogP contribution in [0.4, 0.5) is 5.13 Å². The summed E-state index contributed by atoms with van der Waals surface area (Å²) in [6.07, 6.45) is 1.37. The van der Waals surface area contributed by atoms with Crippen molar-refractivity contribution in [3.8, 4) is 0 Å². The van der Waals surface area contributed by atoms with Gasteiger partial charge in [-0.1, -0.05) is 13.8 Å². The number of ether oxygens (including phenoxy) is 1. The third-order valence-corrected chi connectivity index (χ3v) is 6.27. The molecule has 2 unspecified atom stereocenters. The maximum atomic E-state index is 12.6. The molecule has 1 aliphatic rings. The van der Waals surface area contributed by atoms with E-state index in [2.05, 4.69) is 47.9 Å². The van der Waals surface area contributed by atoms with Gasteiger partial charge in [0.2, 0.25) is 0 Å². The van der Waals surface area contributed by atoms with Gasteiger partial charge in [-0.05, 0) is 26.7 Å². The van der Waals surface area contributed by atoms with Crippen molar-refractivity contribution in [3.05, 3.63) is 26.7 Å². The fourth-order valence-corrected chi connectivity index (χ4v) is 5.20. The molecular formula is C19H28N4O2S2. The van der Waals surface area contributed by atoms with E-state index in [1.165, 1.54) is 22.7 Å². The SMILES string of the molecule is Cc1nc(CC(C)C)sc1C(=O)Nc1nc(CN2CC(C)OC(C)C2)cs1. The third kappa shape index (κ3) is 5.57. The lowest BCUT2D eigenvalue weighted by Gasteiger charge is -2.34. The highest BCUT2D eigenvalue weighted by atomic mass is 32.1. The molecule has 1 saturated heterocycles. The van der Waals surface area contributed by atoms with Crippen LogP contribution in [0.5, 0.6) is 0 Å². The number of carbonyl (C=O) groups is 1. The van der Waals surface area contributed by atoms with Crippen molar-refractivity contribution in [3.63, 3.8) is 0 Å². The molecule has 6 nitrogen and oxygen atoms in total. The first kappa shape index (κ1) is 20.4. The molecule has 0 bridgehead atoms. The van der Waals surface area contributed by atoms with Gasteiger partial charge in [0.1, 0.15) is 4.88 Å². The molecule has 0 spiro atoms. The standard InChI is InChI=1S/C19H28N4O2S2/c1-11(2)6-16-20-14(5)17(27-16)18(24)22-19-21-15(10-26-19)9-23-7-12(3)25-13(4)8-23/h10-13H,6-9H2,1-5H3,(H,21,22,24). The van der Waals surface area contributed by atoms with Crippen LogP contribution in [-0.4, -0.2) is 46.1 Å². The number of thiazole rings is 2. The van der Waals surface area contributed by atoms with Crippen molar-refractivity contribution in [1.29, 1.82) is 0 Å². The lowest BCUT2D eigenvalue weighted by molar-refractivity contribution is -0.0707. The van der Waals surface area contributed by atoms with Crippen molar-refractivity contribution in [2.75, 3.05) is 18.4 Å². The van der Waals surface area contributed by atoms with E-state index in [1.54, 1.807) is 0 Å². The minimum absolute atomic E-state index is 0.116. The monoisotopic (exact) mass is 408 g/mol. The topological polar surface area (TPSA) is 67.4 Å². The Balaban J connectivity index is 1.60. The normalized spacial score (nSPS) is 21.0. The fourth-order valence-electron chi connectivity index (χ4n) is 3.33. The Bertz CT molecular complexity index is 777. The summed E-state index contributed by atoms with van der Waals surface area (Å²) in [5.74, 6) is 0.410. The van der Waals surface area contributed by atoms with Gasteiger partial charge in [0.15, 0.2) is 5.13 Å². The van der Waals surface area contributed by atoms with Crippen LogP contribution in [0, 0.1) is 12.8 Å². The van der Waals surface area contributed by atoms with Crippen LogP contribution < -0.4 is 5.32 Å². The zero-order valence-electron chi connectivity index (χ0n) is 16.6. The van der Waals surface area contributed by atoms with Crippen LogP contribution in [0.2, 0.25) is 0 Å². The summed E-state index contributed by atoms with van der Waals surface area (Å²) in [5, 5.41) is 6.61. The minimum Gasteiger partial charge on any atom is -0.373 e. The van der Waals surface area contributed by atoms with Gasteiger partial charge in [-0.2, -0.15) is 0 Å². The Hall–Kier alpha value is -1.35. The molecule has 0 aromatic carbocycles. The van der Waals surface area contributed by atoms with Crippen molar-refractivity contribution in [2.24, 2.45) is 5.92 Å². The van der Waals surface area contributed by atoms with Gasteiger partial charge < -0.3 is 4.74 Å². The van der Waals surface area contributed by atoms with E-state index in [1.807, 2.05) is 12.3 Å². The van der Waals surface area contributed by atoms with Gasteiger partial charge in [-0.3, -0.25) is 15.0 Å². The second-order valence-corrected chi connectivity index (χ2v) is 9.61. The quantitative estimate of drug-likeness (QED) is 0.783. The number of rotatable bonds is 6. The smallest absolute Gasteiger partial charge is 0.269 e. The van der Waals surface area contributed by atoms with Crippen LogP contribution in [0.15, 0.2) is 5.38 Å². The van der Waals surface area contributed by atoms with Crippen LogP contribution >= 0.6 is 22.7 Å². The van der Waals surface area contributed by atoms with E-state index in [-0.39, 0.29) is 18.1 Å².